The van der Waals surface area contributed by atoms with Crippen LogP contribution in [0, 0.1) is 6.92 Å². The Morgan fingerprint density at radius 1 is 1.38 bits per heavy atom. The highest BCUT2D eigenvalue weighted by Crippen LogP contribution is 2.17. The number of aliphatic hydroxyl groups is 1. The van der Waals surface area contributed by atoms with Crippen LogP contribution in [0.15, 0.2) is 36.4 Å². The summed E-state index contributed by atoms with van der Waals surface area (Å²) in [6, 6.07) is 11.1. The van der Waals surface area contributed by atoms with Crippen molar-refractivity contribution >= 4 is 5.91 Å². The van der Waals surface area contributed by atoms with Crippen molar-refractivity contribution in [1.29, 1.82) is 0 Å². The van der Waals surface area contributed by atoms with E-state index in [0.717, 1.165) is 11.3 Å². The van der Waals surface area contributed by atoms with Gasteiger partial charge in [-0.05, 0) is 31.9 Å². The molecule has 2 rings (SSSR count). The number of carbonyl (C=O) groups excluding carboxylic acids is 1. The minimum atomic E-state index is -0.588. The normalized spacial score (nSPS) is 13.7. The van der Waals surface area contributed by atoms with E-state index in [0.29, 0.717) is 12.1 Å². The van der Waals surface area contributed by atoms with Crippen LogP contribution in [0.25, 0.3) is 0 Å². The van der Waals surface area contributed by atoms with Crippen molar-refractivity contribution < 1.29 is 9.90 Å². The molecular formula is C16H21N3O2. The number of hydrogen-bond acceptors (Lipinski definition) is 3. The van der Waals surface area contributed by atoms with Crippen molar-refractivity contribution in [2.75, 3.05) is 0 Å². The molecule has 1 heterocycles. The SMILES string of the molecule is Cc1cc(C(=O)N[C@H](C)C[C@@H](O)c2ccccc2)n(C)n1. The molecule has 0 radical (unpaired) electrons. The van der Waals surface area contributed by atoms with Gasteiger partial charge >= 0.3 is 0 Å². The van der Waals surface area contributed by atoms with Crippen LogP contribution in [0.3, 0.4) is 0 Å². The minimum Gasteiger partial charge on any atom is -0.388 e. The summed E-state index contributed by atoms with van der Waals surface area (Å²) in [6.07, 6.45) is -0.123. The lowest BCUT2D eigenvalue weighted by Crippen LogP contribution is -2.34. The Morgan fingerprint density at radius 3 is 2.62 bits per heavy atom. The van der Waals surface area contributed by atoms with Crippen LogP contribution in [0.2, 0.25) is 0 Å². The van der Waals surface area contributed by atoms with E-state index in [1.54, 1.807) is 17.8 Å². The van der Waals surface area contributed by atoms with E-state index in [1.165, 1.54) is 0 Å². The molecule has 2 atom stereocenters. The molecule has 5 heteroatoms. The van der Waals surface area contributed by atoms with Crippen LogP contribution < -0.4 is 5.32 Å². The number of benzene rings is 1. The summed E-state index contributed by atoms with van der Waals surface area (Å²) in [5.74, 6) is -0.175. The zero-order chi connectivity index (χ0) is 15.4. The molecule has 1 aromatic carbocycles. The van der Waals surface area contributed by atoms with Crippen molar-refractivity contribution in [3.05, 3.63) is 53.3 Å². The highest BCUT2D eigenvalue weighted by Gasteiger charge is 2.17. The van der Waals surface area contributed by atoms with Gasteiger partial charge in [-0.15, -0.1) is 0 Å². The Labute approximate surface area is 124 Å². The second-order valence-electron chi connectivity index (χ2n) is 5.33. The number of aryl methyl sites for hydroxylation is 2. The van der Waals surface area contributed by atoms with Crippen molar-refractivity contribution in [2.24, 2.45) is 7.05 Å². The van der Waals surface area contributed by atoms with Crippen molar-refractivity contribution in [3.63, 3.8) is 0 Å². The summed E-state index contributed by atoms with van der Waals surface area (Å²) >= 11 is 0. The van der Waals surface area contributed by atoms with Gasteiger partial charge in [-0.2, -0.15) is 5.10 Å². The molecule has 0 fully saturated rings. The largest absolute Gasteiger partial charge is 0.388 e. The maximum absolute atomic E-state index is 12.2. The molecule has 0 spiro atoms. The van der Waals surface area contributed by atoms with Gasteiger partial charge in [0.1, 0.15) is 5.69 Å². The van der Waals surface area contributed by atoms with E-state index in [4.69, 9.17) is 0 Å². The third kappa shape index (κ3) is 3.92. The zero-order valence-electron chi connectivity index (χ0n) is 12.6. The topological polar surface area (TPSA) is 67.2 Å². The van der Waals surface area contributed by atoms with E-state index in [-0.39, 0.29) is 11.9 Å². The minimum absolute atomic E-state index is 0.136. The third-order valence-electron chi connectivity index (χ3n) is 3.37. The first-order valence-electron chi connectivity index (χ1n) is 7.02. The van der Waals surface area contributed by atoms with Gasteiger partial charge in [-0.1, -0.05) is 30.3 Å². The van der Waals surface area contributed by atoms with Crippen LogP contribution in [0.1, 0.15) is 41.2 Å². The van der Waals surface area contributed by atoms with Crippen LogP contribution in [0.5, 0.6) is 0 Å². The molecule has 0 bridgehead atoms. The number of rotatable bonds is 5. The van der Waals surface area contributed by atoms with Crippen LogP contribution in [-0.2, 0) is 7.05 Å². The summed E-state index contributed by atoms with van der Waals surface area (Å²) in [4.78, 5) is 12.2. The first-order valence-corrected chi connectivity index (χ1v) is 7.02. The van der Waals surface area contributed by atoms with Crippen LogP contribution >= 0.6 is 0 Å². The van der Waals surface area contributed by atoms with Gasteiger partial charge in [-0.3, -0.25) is 9.48 Å². The van der Waals surface area contributed by atoms with E-state index < -0.39 is 6.10 Å². The number of aromatic nitrogens is 2. The average molecular weight is 287 g/mol. The number of hydrogen-bond donors (Lipinski definition) is 2. The summed E-state index contributed by atoms with van der Waals surface area (Å²) in [5.41, 5.74) is 2.18. The lowest BCUT2D eigenvalue weighted by Gasteiger charge is -2.18. The monoisotopic (exact) mass is 287 g/mol. The highest BCUT2D eigenvalue weighted by atomic mass is 16.3. The van der Waals surface area contributed by atoms with E-state index >= 15 is 0 Å². The molecule has 0 aliphatic carbocycles. The first kappa shape index (κ1) is 15.3. The average Bonchev–Trinajstić information content (AvgIpc) is 2.78. The zero-order valence-corrected chi connectivity index (χ0v) is 12.6. The first-order chi connectivity index (χ1) is 9.97. The molecule has 0 aliphatic rings. The molecule has 0 saturated heterocycles. The number of nitrogens with one attached hydrogen (secondary N) is 1. The van der Waals surface area contributed by atoms with Gasteiger partial charge < -0.3 is 10.4 Å². The molecule has 0 unspecified atom stereocenters. The molecule has 5 nitrogen and oxygen atoms in total. The molecular weight excluding hydrogens is 266 g/mol. The molecule has 1 aromatic heterocycles. The Bertz CT molecular complexity index is 607. The van der Waals surface area contributed by atoms with Gasteiger partial charge in [0.15, 0.2) is 0 Å². The fourth-order valence-corrected chi connectivity index (χ4v) is 2.33. The maximum atomic E-state index is 12.2. The van der Waals surface area contributed by atoms with Gasteiger partial charge in [0, 0.05) is 13.1 Å². The summed E-state index contributed by atoms with van der Waals surface area (Å²) in [7, 11) is 1.74. The number of aliphatic hydroxyl groups excluding tert-OH is 1. The smallest absolute Gasteiger partial charge is 0.269 e. The number of carbonyl (C=O) groups is 1. The standard InChI is InChI=1S/C16H21N3O2/c1-11(10-15(20)13-7-5-4-6-8-13)17-16(21)14-9-12(2)18-19(14)3/h4-9,11,15,20H,10H2,1-3H3,(H,17,21)/t11-,15-/m1/s1. The van der Waals surface area contributed by atoms with Crippen molar-refractivity contribution in [2.45, 2.75) is 32.4 Å². The number of amides is 1. The fourth-order valence-electron chi connectivity index (χ4n) is 2.33. The van der Waals surface area contributed by atoms with Crippen molar-refractivity contribution in [1.82, 2.24) is 15.1 Å². The summed E-state index contributed by atoms with van der Waals surface area (Å²) in [6.45, 7) is 3.73. The molecule has 2 aromatic rings. The Morgan fingerprint density at radius 2 is 2.05 bits per heavy atom. The Balaban J connectivity index is 1.94. The molecule has 0 aliphatic heterocycles. The van der Waals surface area contributed by atoms with Gasteiger partial charge in [0.25, 0.3) is 5.91 Å². The van der Waals surface area contributed by atoms with Crippen LogP contribution in [-0.4, -0.2) is 26.8 Å². The predicted molar refractivity (Wildman–Crippen MR) is 80.9 cm³/mol. The van der Waals surface area contributed by atoms with Gasteiger partial charge in [0.05, 0.1) is 11.8 Å². The summed E-state index contributed by atoms with van der Waals surface area (Å²) < 4.78 is 1.56. The summed E-state index contributed by atoms with van der Waals surface area (Å²) in [5, 5.41) is 17.2. The van der Waals surface area contributed by atoms with Crippen LogP contribution in [0.4, 0.5) is 0 Å². The van der Waals surface area contributed by atoms with Crippen molar-refractivity contribution in [3.8, 4) is 0 Å². The predicted octanol–water partition coefficient (Wildman–Crippen LogP) is 1.97. The third-order valence-corrected chi connectivity index (χ3v) is 3.37. The Hall–Kier alpha value is -2.14. The maximum Gasteiger partial charge on any atom is 0.269 e. The quantitative estimate of drug-likeness (QED) is 0.883. The second-order valence-corrected chi connectivity index (χ2v) is 5.33. The molecule has 112 valence electrons. The lowest BCUT2D eigenvalue weighted by molar-refractivity contribution is 0.0907. The van der Waals surface area contributed by atoms with E-state index in [1.807, 2.05) is 44.2 Å². The van der Waals surface area contributed by atoms with E-state index in [9.17, 15) is 9.90 Å². The molecule has 2 N–H and O–H groups in total. The fraction of sp³-hybridized carbons (Fsp3) is 0.375. The highest BCUT2D eigenvalue weighted by molar-refractivity contribution is 5.92. The van der Waals surface area contributed by atoms with Gasteiger partial charge in [-0.25, -0.2) is 0 Å². The Kier molecular flexibility index (Phi) is 4.75. The van der Waals surface area contributed by atoms with Gasteiger partial charge in [0.2, 0.25) is 0 Å². The molecule has 1 amide bonds. The molecule has 21 heavy (non-hydrogen) atoms. The number of nitrogens with zero attached hydrogens (tertiary/aromatic N) is 2. The van der Waals surface area contributed by atoms with E-state index in [2.05, 4.69) is 10.4 Å². The second kappa shape index (κ2) is 6.54. The molecule has 0 saturated carbocycles. The lowest BCUT2D eigenvalue weighted by atomic mass is 10.0.